The number of rotatable bonds is 4. The topological polar surface area (TPSA) is 64.1 Å². The Kier molecular flexibility index (Phi) is 2.87. The second-order valence-corrected chi connectivity index (χ2v) is 4.13. The smallest absolute Gasteiger partial charge is 0.332 e. The molecule has 0 aliphatic heterocycles. The van der Waals surface area contributed by atoms with Crippen molar-refractivity contribution in [3.05, 3.63) is 24.3 Å². The molecule has 1 saturated carbocycles. The summed E-state index contributed by atoms with van der Waals surface area (Å²) < 4.78 is 4.83. The average Bonchev–Trinajstić information content (AvgIpc) is 3.12. The first-order valence-electron chi connectivity index (χ1n) is 5.29. The highest BCUT2D eigenvalue weighted by Crippen LogP contribution is 2.28. The highest BCUT2D eigenvalue weighted by atomic mass is 16.5. The maximum Gasteiger partial charge on any atom is 0.332 e. The molecule has 1 heterocycles. The van der Waals surface area contributed by atoms with Crippen LogP contribution in [0.4, 0.5) is 0 Å². The summed E-state index contributed by atoms with van der Waals surface area (Å²) in [5, 5.41) is 3.26. The number of carbonyl (C=O) groups is 1. The molecule has 1 atom stereocenters. The molecule has 2 rings (SSSR count). The Labute approximate surface area is 94.2 Å². The van der Waals surface area contributed by atoms with Crippen LogP contribution in [0.3, 0.4) is 0 Å². The van der Waals surface area contributed by atoms with Crippen LogP contribution in [0.1, 0.15) is 25.5 Å². The van der Waals surface area contributed by atoms with Crippen molar-refractivity contribution in [1.29, 1.82) is 0 Å². The third kappa shape index (κ3) is 2.04. The van der Waals surface area contributed by atoms with Gasteiger partial charge < -0.3 is 4.74 Å². The van der Waals surface area contributed by atoms with Gasteiger partial charge in [0.15, 0.2) is 5.54 Å². The van der Waals surface area contributed by atoms with Crippen molar-refractivity contribution in [2.24, 2.45) is 0 Å². The fourth-order valence-electron chi connectivity index (χ4n) is 1.63. The first-order valence-corrected chi connectivity index (χ1v) is 5.29. The van der Waals surface area contributed by atoms with Crippen molar-refractivity contribution in [2.45, 2.75) is 31.3 Å². The minimum atomic E-state index is -0.899. The van der Waals surface area contributed by atoms with Crippen LogP contribution in [0, 0.1) is 0 Å². The molecule has 16 heavy (non-hydrogen) atoms. The fraction of sp³-hybridized carbons (Fsp3) is 0.545. The largest absolute Gasteiger partial charge is 0.467 e. The SMILES string of the molecule is COC(=O)C(C)(NC1CC1)c1cnccn1. The zero-order valence-electron chi connectivity index (χ0n) is 9.43. The molecule has 0 spiro atoms. The number of ether oxygens (including phenoxy) is 1. The highest BCUT2D eigenvalue weighted by Gasteiger charge is 2.42. The van der Waals surface area contributed by atoms with Gasteiger partial charge in [0.05, 0.1) is 19.0 Å². The van der Waals surface area contributed by atoms with Crippen molar-refractivity contribution in [1.82, 2.24) is 15.3 Å². The minimum absolute atomic E-state index is 0.333. The average molecular weight is 221 g/mol. The molecule has 5 heteroatoms. The molecule has 1 N–H and O–H groups in total. The third-order valence-corrected chi connectivity index (χ3v) is 2.74. The summed E-state index contributed by atoms with van der Waals surface area (Å²) >= 11 is 0. The van der Waals surface area contributed by atoms with Crippen molar-refractivity contribution in [3.63, 3.8) is 0 Å². The van der Waals surface area contributed by atoms with Crippen LogP contribution >= 0.6 is 0 Å². The Bertz CT molecular complexity index is 378. The van der Waals surface area contributed by atoms with Gasteiger partial charge in [-0.3, -0.25) is 15.3 Å². The van der Waals surface area contributed by atoms with E-state index in [9.17, 15) is 4.79 Å². The molecule has 1 unspecified atom stereocenters. The summed E-state index contributed by atoms with van der Waals surface area (Å²) in [6.07, 6.45) is 6.93. The third-order valence-electron chi connectivity index (χ3n) is 2.74. The highest BCUT2D eigenvalue weighted by molar-refractivity contribution is 5.81. The molecule has 0 amide bonds. The summed E-state index contributed by atoms with van der Waals surface area (Å²) in [5.74, 6) is -0.333. The molecule has 0 radical (unpaired) electrons. The Morgan fingerprint density at radius 2 is 2.31 bits per heavy atom. The summed E-state index contributed by atoms with van der Waals surface area (Å²) in [6.45, 7) is 1.78. The van der Waals surface area contributed by atoms with Crippen molar-refractivity contribution >= 4 is 5.97 Å². The van der Waals surface area contributed by atoms with Crippen LogP contribution in [0.25, 0.3) is 0 Å². The van der Waals surface area contributed by atoms with Crippen LogP contribution in [-0.4, -0.2) is 29.1 Å². The number of hydrogen-bond donors (Lipinski definition) is 1. The normalized spacial score (nSPS) is 18.9. The molecule has 1 aliphatic carbocycles. The van der Waals surface area contributed by atoms with Gasteiger partial charge in [0.25, 0.3) is 0 Å². The number of aromatic nitrogens is 2. The molecule has 0 saturated heterocycles. The van der Waals surface area contributed by atoms with Gasteiger partial charge in [-0.05, 0) is 19.8 Å². The second-order valence-electron chi connectivity index (χ2n) is 4.13. The molecule has 86 valence electrons. The van der Waals surface area contributed by atoms with E-state index in [2.05, 4.69) is 15.3 Å². The maximum atomic E-state index is 11.8. The van der Waals surface area contributed by atoms with Crippen molar-refractivity contribution < 1.29 is 9.53 Å². The second kappa shape index (κ2) is 4.17. The summed E-state index contributed by atoms with van der Waals surface area (Å²) in [5.41, 5.74) is -0.307. The monoisotopic (exact) mass is 221 g/mol. The van der Waals surface area contributed by atoms with E-state index >= 15 is 0 Å². The van der Waals surface area contributed by atoms with Crippen molar-refractivity contribution in [3.8, 4) is 0 Å². The van der Waals surface area contributed by atoms with Crippen LogP contribution in [0.5, 0.6) is 0 Å². The van der Waals surface area contributed by atoms with Crippen LogP contribution in [0.15, 0.2) is 18.6 Å². The van der Waals surface area contributed by atoms with Gasteiger partial charge in [-0.25, -0.2) is 4.79 Å². The van der Waals surface area contributed by atoms with Gasteiger partial charge in [-0.2, -0.15) is 0 Å². The van der Waals surface area contributed by atoms with E-state index < -0.39 is 5.54 Å². The first-order chi connectivity index (χ1) is 7.66. The lowest BCUT2D eigenvalue weighted by atomic mass is 9.98. The van der Waals surface area contributed by atoms with Gasteiger partial charge >= 0.3 is 5.97 Å². The number of hydrogen-bond acceptors (Lipinski definition) is 5. The Morgan fingerprint density at radius 1 is 1.56 bits per heavy atom. The van der Waals surface area contributed by atoms with E-state index in [0.717, 1.165) is 12.8 Å². The lowest BCUT2D eigenvalue weighted by Crippen LogP contribution is -2.49. The van der Waals surface area contributed by atoms with Gasteiger partial charge in [-0.1, -0.05) is 0 Å². The molecule has 0 aromatic carbocycles. The van der Waals surface area contributed by atoms with Crippen LogP contribution in [-0.2, 0) is 15.1 Å². The molecule has 5 nitrogen and oxygen atoms in total. The van der Waals surface area contributed by atoms with E-state index in [-0.39, 0.29) is 5.97 Å². The number of methoxy groups -OCH3 is 1. The predicted molar refractivity (Wildman–Crippen MR) is 57.6 cm³/mol. The molecule has 1 aromatic rings. The number of carbonyl (C=O) groups excluding carboxylic acids is 1. The lowest BCUT2D eigenvalue weighted by Gasteiger charge is -2.27. The Balaban J connectivity index is 2.29. The van der Waals surface area contributed by atoms with E-state index in [1.165, 1.54) is 7.11 Å². The first kappa shape index (κ1) is 11.0. The van der Waals surface area contributed by atoms with E-state index in [1.807, 2.05) is 0 Å². The lowest BCUT2D eigenvalue weighted by molar-refractivity contribution is -0.148. The molecule has 1 aromatic heterocycles. The van der Waals surface area contributed by atoms with Gasteiger partial charge in [0, 0.05) is 18.4 Å². The zero-order chi connectivity index (χ0) is 11.6. The zero-order valence-corrected chi connectivity index (χ0v) is 9.43. The standard InChI is InChI=1S/C11H15N3O2/c1-11(10(15)16-2,14-8-3-4-8)9-7-12-5-6-13-9/h5-8,14H,3-4H2,1-2H3. The molecular weight excluding hydrogens is 206 g/mol. The van der Waals surface area contributed by atoms with Crippen LogP contribution in [0.2, 0.25) is 0 Å². The van der Waals surface area contributed by atoms with Crippen molar-refractivity contribution in [2.75, 3.05) is 7.11 Å². The van der Waals surface area contributed by atoms with Gasteiger partial charge in [0.1, 0.15) is 0 Å². The quantitative estimate of drug-likeness (QED) is 0.755. The number of nitrogens with zero attached hydrogens (tertiary/aromatic N) is 2. The van der Waals surface area contributed by atoms with Gasteiger partial charge in [0.2, 0.25) is 0 Å². The molecule has 1 fully saturated rings. The number of nitrogens with one attached hydrogen (secondary N) is 1. The Hall–Kier alpha value is -1.49. The van der Waals surface area contributed by atoms with E-state index in [0.29, 0.717) is 11.7 Å². The fourth-order valence-corrected chi connectivity index (χ4v) is 1.63. The molecule has 0 bridgehead atoms. The van der Waals surface area contributed by atoms with Gasteiger partial charge in [-0.15, -0.1) is 0 Å². The summed E-state index contributed by atoms with van der Waals surface area (Å²) in [6, 6.07) is 0.381. The maximum absolute atomic E-state index is 11.8. The van der Waals surface area contributed by atoms with E-state index in [1.54, 1.807) is 25.5 Å². The number of esters is 1. The van der Waals surface area contributed by atoms with Crippen LogP contribution < -0.4 is 5.32 Å². The summed E-state index contributed by atoms with van der Waals surface area (Å²) in [7, 11) is 1.38. The summed E-state index contributed by atoms with van der Waals surface area (Å²) in [4.78, 5) is 20.0. The molecular formula is C11H15N3O2. The Morgan fingerprint density at radius 3 is 2.81 bits per heavy atom. The van der Waals surface area contributed by atoms with E-state index in [4.69, 9.17) is 4.74 Å². The minimum Gasteiger partial charge on any atom is -0.467 e. The predicted octanol–water partition coefficient (Wildman–Crippen LogP) is 0.617. The molecule has 1 aliphatic rings.